The van der Waals surface area contributed by atoms with Crippen LogP contribution >= 0.6 is 0 Å². The molecule has 0 amide bonds. The number of nitrogens with one attached hydrogen (secondary N) is 1. The summed E-state index contributed by atoms with van der Waals surface area (Å²) >= 11 is 0. The van der Waals surface area contributed by atoms with Gasteiger partial charge in [-0.05, 0) is 47.9 Å². The molecule has 0 bridgehead atoms. The summed E-state index contributed by atoms with van der Waals surface area (Å²) in [5.41, 5.74) is 4.59. The van der Waals surface area contributed by atoms with Gasteiger partial charge in [0, 0.05) is 12.7 Å². The molecular formula is C23H20N6O10S3. The Kier molecular flexibility index (Phi) is 8.00. The molecule has 0 aromatic heterocycles. The first-order valence-electron chi connectivity index (χ1n) is 11.3. The third-order valence-electron chi connectivity index (χ3n) is 5.71. The zero-order valence-electron chi connectivity index (χ0n) is 21.1. The van der Waals surface area contributed by atoms with E-state index >= 15 is 0 Å². The second kappa shape index (κ2) is 11.0. The minimum absolute atomic E-state index is 0.00957. The van der Waals surface area contributed by atoms with E-state index in [2.05, 4.69) is 25.8 Å². The van der Waals surface area contributed by atoms with Crippen LogP contribution < -0.4 is 11.1 Å². The monoisotopic (exact) mass is 636 g/mol. The number of nitrogens with two attached hydrogens (primary N) is 1. The lowest BCUT2D eigenvalue weighted by atomic mass is 10.1. The Labute approximate surface area is 238 Å². The highest BCUT2D eigenvalue weighted by Gasteiger charge is 2.25. The van der Waals surface area contributed by atoms with Crippen LogP contribution in [0.25, 0.3) is 10.8 Å². The van der Waals surface area contributed by atoms with Gasteiger partial charge in [0.25, 0.3) is 30.4 Å². The molecule has 0 saturated heterocycles. The Morgan fingerprint density at radius 2 is 1.24 bits per heavy atom. The second-order valence-electron chi connectivity index (χ2n) is 8.39. The lowest BCUT2D eigenvalue weighted by molar-refractivity contribution is 0.472. The number of fused-ring (bicyclic) bond motifs is 1. The summed E-state index contributed by atoms with van der Waals surface area (Å²) in [5, 5.41) is 28.6. The summed E-state index contributed by atoms with van der Waals surface area (Å²) in [5.74, 6) is -0.907. The molecule has 0 spiro atoms. The molecule has 0 atom stereocenters. The molecule has 0 heterocycles. The van der Waals surface area contributed by atoms with Crippen LogP contribution in [0.4, 0.5) is 34.1 Å². The zero-order chi connectivity index (χ0) is 31.0. The van der Waals surface area contributed by atoms with Crippen molar-refractivity contribution >= 4 is 75.3 Å². The number of nitrogen functional groups attached to an aromatic ring is 1. The van der Waals surface area contributed by atoms with Crippen LogP contribution in [0.3, 0.4) is 0 Å². The van der Waals surface area contributed by atoms with Crippen LogP contribution in [0.5, 0.6) is 5.75 Å². The fourth-order valence-corrected chi connectivity index (χ4v) is 5.66. The number of hydrogen-bond acceptors (Lipinski definition) is 13. The molecule has 4 aromatic rings. The van der Waals surface area contributed by atoms with Gasteiger partial charge in [0.15, 0.2) is 5.75 Å². The predicted octanol–water partition coefficient (Wildman–Crippen LogP) is 4.74. The van der Waals surface area contributed by atoms with E-state index < -0.39 is 62.2 Å². The van der Waals surface area contributed by atoms with Crippen molar-refractivity contribution in [2.24, 2.45) is 20.5 Å². The van der Waals surface area contributed by atoms with E-state index in [1.54, 1.807) is 0 Å². The average molecular weight is 637 g/mol. The molecule has 4 aromatic carbocycles. The predicted molar refractivity (Wildman–Crippen MR) is 150 cm³/mol. The van der Waals surface area contributed by atoms with Gasteiger partial charge in [0.05, 0.1) is 11.1 Å². The van der Waals surface area contributed by atoms with Crippen molar-refractivity contribution in [3.63, 3.8) is 0 Å². The van der Waals surface area contributed by atoms with Crippen LogP contribution in [-0.4, -0.2) is 51.1 Å². The molecule has 7 N–H and O–H groups in total. The van der Waals surface area contributed by atoms with Crippen molar-refractivity contribution in [3.8, 4) is 5.75 Å². The van der Waals surface area contributed by atoms with Crippen molar-refractivity contribution in [2.45, 2.75) is 14.7 Å². The van der Waals surface area contributed by atoms with Gasteiger partial charge in [0.2, 0.25) is 0 Å². The summed E-state index contributed by atoms with van der Waals surface area (Å²) in [6.45, 7) is 0. The Morgan fingerprint density at radius 1 is 0.667 bits per heavy atom. The maximum Gasteiger partial charge on any atom is 0.296 e. The van der Waals surface area contributed by atoms with E-state index in [1.165, 1.54) is 43.4 Å². The Bertz CT molecular complexity index is 2130. The molecule has 0 fully saturated rings. The summed E-state index contributed by atoms with van der Waals surface area (Å²) in [6, 6.07) is 12.0. The first-order chi connectivity index (χ1) is 19.5. The number of nitrogens with zero attached hydrogens (tertiary/aromatic N) is 4. The molecular weight excluding hydrogens is 616 g/mol. The highest BCUT2D eigenvalue weighted by molar-refractivity contribution is 7.86. The van der Waals surface area contributed by atoms with Crippen LogP contribution in [0.2, 0.25) is 0 Å². The van der Waals surface area contributed by atoms with E-state index in [0.29, 0.717) is 5.69 Å². The van der Waals surface area contributed by atoms with Gasteiger partial charge >= 0.3 is 0 Å². The Hall–Kier alpha value is -4.53. The Balaban J connectivity index is 1.93. The van der Waals surface area contributed by atoms with Crippen LogP contribution in [0.15, 0.2) is 95.8 Å². The van der Waals surface area contributed by atoms with Crippen molar-refractivity contribution in [1.29, 1.82) is 0 Å². The molecule has 0 radical (unpaired) electrons. The van der Waals surface area contributed by atoms with E-state index in [0.717, 1.165) is 24.3 Å². The van der Waals surface area contributed by atoms with E-state index in [4.69, 9.17) is 5.73 Å². The van der Waals surface area contributed by atoms with Crippen molar-refractivity contribution in [2.75, 3.05) is 18.1 Å². The van der Waals surface area contributed by atoms with Gasteiger partial charge in [-0.15, -0.1) is 20.5 Å². The smallest absolute Gasteiger partial charge is 0.296 e. The van der Waals surface area contributed by atoms with Gasteiger partial charge in [-0.3, -0.25) is 13.7 Å². The molecule has 0 aliphatic carbocycles. The number of phenolic OH excluding ortho intramolecular Hbond substituents is 1. The van der Waals surface area contributed by atoms with Crippen molar-refractivity contribution in [3.05, 3.63) is 60.7 Å². The number of phenols is 1. The highest BCUT2D eigenvalue weighted by Crippen LogP contribution is 2.46. The maximum absolute atomic E-state index is 12.2. The second-order valence-corrected chi connectivity index (χ2v) is 12.6. The summed E-state index contributed by atoms with van der Waals surface area (Å²) in [7, 11) is -13.0. The Morgan fingerprint density at radius 3 is 1.86 bits per heavy atom. The fraction of sp³-hybridized carbons (Fsp3) is 0.0435. The molecule has 220 valence electrons. The van der Waals surface area contributed by atoms with Crippen LogP contribution in [-0.2, 0) is 30.4 Å². The van der Waals surface area contributed by atoms with Crippen molar-refractivity contribution < 1.29 is 44.0 Å². The quantitative estimate of drug-likeness (QED) is 0.0869. The zero-order valence-corrected chi connectivity index (χ0v) is 23.6. The minimum atomic E-state index is -5.05. The molecule has 19 heteroatoms. The minimum Gasteiger partial charge on any atom is -0.505 e. The summed E-state index contributed by atoms with van der Waals surface area (Å²) in [6.07, 6.45) is 0. The van der Waals surface area contributed by atoms with E-state index in [9.17, 15) is 44.0 Å². The molecule has 0 unspecified atom stereocenters. The van der Waals surface area contributed by atoms with Gasteiger partial charge in [-0.2, -0.15) is 25.3 Å². The lowest BCUT2D eigenvalue weighted by Crippen LogP contribution is -2.00. The fourth-order valence-electron chi connectivity index (χ4n) is 3.77. The van der Waals surface area contributed by atoms with Gasteiger partial charge in [0.1, 0.15) is 37.4 Å². The van der Waals surface area contributed by atoms with E-state index in [-0.39, 0.29) is 27.8 Å². The molecule has 4 rings (SSSR count). The third-order valence-corrected chi connectivity index (χ3v) is 8.37. The maximum atomic E-state index is 12.2. The SMILES string of the molecule is CNc1ccc(S(=O)(=O)O)c(N=Nc2c(S(=O)(=O)O)cc3ccc(N=Nc4ccccc4S(=O)(=O)O)c(N)c3c2O)c1. The molecule has 16 nitrogen and oxygen atoms in total. The number of aromatic hydroxyl groups is 1. The topological polar surface area (TPSA) is 271 Å². The molecule has 0 aliphatic heterocycles. The van der Waals surface area contributed by atoms with Gasteiger partial charge in [-0.1, -0.05) is 18.2 Å². The number of anilines is 2. The standard InChI is InChI=1S/C23H20N6O10S3/c1-25-13-7-9-18(41(34,35)36)16(11-13)28-29-22-19(42(37,38)39)10-12-6-8-15(21(24)20(12)23(22)30)27-26-14-4-2-3-5-17(14)40(31,32)33/h2-11,25,30H,24H2,1H3,(H,31,32,33)(H,34,35,36)(H,37,38,39). The number of benzene rings is 4. The van der Waals surface area contributed by atoms with E-state index in [1.807, 2.05) is 0 Å². The largest absolute Gasteiger partial charge is 0.505 e. The number of azo groups is 2. The number of rotatable bonds is 8. The first-order valence-corrected chi connectivity index (χ1v) is 15.6. The summed E-state index contributed by atoms with van der Waals surface area (Å²) in [4.78, 5) is -2.14. The normalized spacial score (nSPS) is 12.9. The summed E-state index contributed by atoms with van der Waals surface area (Å²) < 4.78 is 100. The van der Waals surface area contributed by atoms with Crippen LogP contribution in [0.1, 0.15) is 0 Å². The lowest BCUT2D eigenvalue weighted by Gasteiger charge is -2.12. The van der Waals surface area contributed by atoms with Crippen LogP contribution in [0, 0.1) is 0 Å². The third kappa shape index (κ3) is 6.20. The highest BCUT2D eigenvalue weighted by atomic mass is 32.2. The molecule has 0 aliphatic rings. The molecule has 0 saturated carbocycles. The van der Waals surface area contributed by atoms with Gasteiger partial charge < -0.3 is 16.2 Å². The van der Waals surface area contributed by atoms with Gasteiger partial charge in [-0.25, -0.2) is 0 Å². The van der Waals surface area contributed by atoms with Crippen molar-refractivity contribution in [1.82, 2.24) is 0 Å². The molecule has 42 heavy (non-hydrogen) atoms. The average Bonchev–Trinajstić information content (AvgIpc) is 2.90. The number of hydrogen-bond donors (Lipinski definition) is 6. The first kappa shape index (κ1) is 30.4.